The maximum Gasteiger partial charge on any atom is 0.322 e. The lowest BCUT2D eigenvalue weighted by Gasteiger charge is -2.26. The summed E-state index contributed by atoms with van der Waals surface area (Å²) in [6.07, 6.45) is 0. The van der Waals surface area contributed by atoms with Crippen molar-refractivity contribution >= 4 is 5.97 Å². The van der Waals surface area contributed by atoms with E-state index < -0.39 is 12.0 Å². The molecule has 0 radical (unpaired) electrons. The summed E-state index contributed by atoms with van der Waals surface area (Å²) in [5, 5.41) is 15.2. The van der Waals surface area contributed by atoms with E-state index in [1.165, 1.54) is 0 Å². The minimum Gasteiger partial charge on any atom is -0.496 e. The standard InChI is InChI=1S/C14H22N2O3/c1-8-7-11(19-5)9(2)6-10(8)12(15-3)13(16-4)14(17)18/h6-7,12-13,15-16H,1-5H3,(H,17,18). The van der Waals surface area contributed by atoms with Crippen molar-refractivity contribution in [2.75, 3.05) is 21.2 Å². The van der Waals surface area contributed by atoms with Crippen LogP contribution in [0.1, 0.15) is 22.7 Å². The predicted molar refractivity (Wildman–Crippen MR) is 74.8 cm³/mol. The highest BCUT2D eigenvalue weighted by molar-refractivity contribution is 5.75. The van der Waals surface area contributed by atoms with Gasteiger partial charge in [0.15, 0.2) is 0 Å². The molecule has 1 rings (SSSR count). The second-order valence-electron chi connectivity index (χ2n) is 4.55. The number of hydrogen-bond donors (Lipinski definition) is 3. The van der Waals surface area contributed by atoms with Gasteiger partial charge >= 0.3 is 5.97 Å². The highest BCUT2D eigenvalue weighted by atomic mass is 16.5. The Morgan fingerprint density at radius 1 is 1.21 bits per heavy atom. The van der Waals surface area contributed by atoms with Gasteiger partial charge in [0.05, 0.1) is 13.2 Å². The first-order chi connectivity index (χ1) is 8.96. The van der Waals surface area contributed by atoms with Gasteiger partial charge in [0.1, 0.15) is 11.8 Å². The second-order valence-corrected chi connectivity index (χ2v) is 4.55. The number of carboxylic acid groups (broad SMARTS) is 1. The summed E-state index contributed by atoms with van der Waals surface area (Å²) >= 11 is 0. The van der Waals surface area contributed by atoms with Crippen molar-refractivity contribution in [1.29, 1.82) is 0 Å². The van der Waals surface area contributed by atoms with Crippen LogP contribution in [-0.2, 0) is 4.79 Å². The van der Waals surface area contributed by atoms with Crippen LogP contribution in [0.5, 0.6) is 5.75 Å². The Hall–Kier alpha value is -1.59. The third kappa shape index (κ3) is 3.24. The van der Waals surface area contributed by atoms with Crippen LogP contribution < -0.4 is 15.4 Å². The first-order valence-corrected chi connectivity index (χ1v) is 6.18. The number of aryl methyl sites for hydroxylation is 2. The van der Waals surface area contributed by atoms with Gasteiger partial charge in [0.25, 0.3) is 0 Å². The molecule has 0 bridgehead atoms. The summed E-state index contributed by atoms with van der Waals surface area (Å²) in [5.74, 6) is -0.0674. The largest absolute Gasteiger partial charge is 0.496 e. The summed E-state index contributed by atoms with van der Waals surface area (Å²) in [6, 6.07) is 2.93. The molecule has 5 heteroatoms. The molecule has 106 valence electrons. The van der Waals surface area contributed by atoms with Crippen molar-refractivity contribution in [1.82, 2.24) is 10.6 Å². The second kappa shape index (κ2) is 6.54. The van der Waals surface area contributed by atoms with E-state index in [1.807, 2.05) is 26.0 Å². The Morgan fingerprint density at radius 3 is 2.26 bits per heavy atom. The molecular weight excluding hydrogens is 244 g/mol. The summed E-state index contributed by atoms with van der Waals surface area (Å²) in [7, 11) is 5.04. The van der Waals surface area contributed by atoms with Gasteiger partial charge in [-0.2, -0.15) is 0 Å². The van der Waals surface area contributed by atoms with Crippen molar-refractivity contribution in [2.24, 2.45) is 0 Å². The van der Waals surface area contributed by atoms with Crippen LogP contribution in [0.2, 0.25) is 0 Å². The van der Waals surface area contributed by atoms with E-state index in [-0.39, 0.29) is 6.04 Å². The van der Waals surface area contributed by atoms with Gasteiger partial charge in [-0.15, -0.1) is 0 Å². The molecule has 2 unspecified atom stereocenters. The van der Waals surface area contributed by atoms with Crippen LogP contribution in [-0.4, -0.2) is 38.3 Å². The van der Waals surface area contributed by atoms with Crippen molar-refractivity contribution in [3.8, 4) is 5.75 Å². The number of hydrogen-bond acceptors (Lipinski definition) is 4. The highest BCUT2D eigenvalue weighted by Crippen LogP contribution is 2.28. The molecule has 0 spiro atoms. The molecule has 19 heavy (non-hydrogen) atoms. The van der Waals surface area contributed by atoms with E-state index in [1.54, 1.807) is 21.2 Å². The Bertz CT molecular complexity index is 460. The fourth-order valence-electron chi connectivity index (χ4n) is 2.30. The Balaban J connectivity index is 3.25. The number of methoxy groups -OCH3 is 1. The van der Waals surface area contributed by atoms with E-state index in [0.717, 1.165) is 22.4 Å². The fourth-order valence-corrected chi connectivity index (χ4v) is 2.30. The normalized spacial score (nSPS) is 13.9. The molecule has 0 saturated heterocycles. The molecule has 0 saturated carbocycles. The van der Waals surface area contributed by atoms with E-state index >= 15 is 0 Å². The van der Waals surface area contributed by atoms with E-state index in [0.29, 0.717) is 0 Å². The third-order valence-electron chi connectivity index (χ3n) is 3.34. The predicted octanol–water partition coefficient (Wildman–Crippen LogP) is 1.25. The molecule has 1 aromatic rings. The van der Waals surface area contributed by atoms with E-state index in [9.17, 15) is 9.90 Å². The van der Waals surface area contributed by atoms with Gasteiger partial charge in [0.2, 0.25) is 0 Å². The molecule has 1 aromatic carbocycles. The van der Waals surface area contributed by atoms with Crippen LogP contribution in [0, 0.1) is 13.8 Å². The molecule has 5 nitrogen and oxygen atoms in total. The molecule has 0 heterocycles. The SMILES string of the molecule is CNC(C(=O)O)C(NC)c1cc(C)c(OC)cc1C. The lowest BCUT2D eigenvalue weighted by molar-refractivity contribution is -0.140. The number of likely N-dealkylation sites (N-methyl/N-ethyl adjacent to an activating group) is 2. The van der Waals surface area contributed by atoms with Crippen LogP contribution in [0.15, 0.2) is 12.1 Å². The molecular formula is C14H22N2O3. The zero-order valence-corrected chi connectivity index (χ0v) is 12.1. The highest BCUT2D eigenvalue weighted by Gasteiger charge is 2.28. The van der Waals surface area contributed by atoms with Crippen molar-refractivity contribution < 1.29 is 14.6 Å². The quantitative estimate of drug-likeness (QED) is 0.723. The third-order valence-corrected chi connectivity index (χ3v) is 3.34. The van der Waals surface area contributed by atoms with Gasteiger partial charge in [-0.1, -0.05) is 6.07 Å². The number of benzene rings is 1. The molecule has 0 aliphatic rings. The smallest absolute Gasteiger partial charge is 0.322 e. The molecule has 0 aromatic heterocycles. The monoisotopic (exact) mass is 266 g/mol. The first kappa shape index (κ1) is 15.5. The Labute approximate surface area is 114 Å². The topological polar surface area (TPSA) is 70.6 Å². The van der Waals surface area contributed by atoms with Crippen molar-refractivity contribution in [3.05, 3.63) is 28.8 Å². The minimum absolute atomic E-state index is 0.299. The number of nitrogens with one attached hydrogen (secondary N) is 2. The van der Waals surface area contributed by atoms with Gasteiger partial charge in [-0.25, -0.2) is 0 Å². The number of rotatable bonds is 6. The molecule has 0 aliphatic heterocycles. The molecule has 3 N–H and O–H groups in total. The summed E-state index contributed by atoms with van der Waals surface area (Å²) in [5.41, 5.74) is 2.95. The Morgan fingerprint density at radius 2 is 1.84 bits per heavy atom. The van der Waals surface area contributed by atoms with Crippen LogP contribution in [0.25, 0.3) is 0 Å². The van der Waals surface area contributed by atoms with Crippen molar-refractivity contribution in [2.45, 2.75) is 25.9 Å². The molecule has 0 amide bonds. The summed E-state index contributed by atoms with van der Waals surface area (Å²) < 4.78 is 5.28. The lowest BCUT2D eigenvalue weighted by atomic mass is 9.93. The van der Waals surface area contributed by atoms with Crippen molar-refractivity contribution in [3.63, 3.8) is 0 Å². The van der Waals surface area contributed by atoms with Crippen LogP contribution >= 0.6 is 0 Å². The van der Waals surface area contributed by atoms with E-state index in [2.05, 4.69) is 10.6 Å². The summed E-state index contributed by atoms with van der Waals surface area (Å²) in [6.45, 7) is 3.90. The minimum atomic E-state index is -0.880. The van der Waals surface area contributed by atoms with E-state index in [4.69, 9.17) is 4.74 Å². The van der Waals surface area contributed by atoms with Gasteiger partial charge in [-0.3, -0.25) is 4.79 Å². The Kier molecular flexibility index (Phi) is 5.32. The van der Waals surface area contributed by atoms with Gasteiger partial charge < -0.3 is 20.5 Å². The lowest BCUT2D eigenvalue weighted by Crippen LogP contribution is -2.44. The zero-order valence-electron chi connectivity index (χ0n) is 12.1. The van der Waals surface area contributed by atoms with Crippen LogP contribution in [0.4, 0.5) is 0 Å². The molecule has 0 fully saturated rings. The zero-order chi connectivity index (χ0) is 14.6. The molecule has 0 aliphatic carbocycles. The molecule has 2 atom stereocenters. The van der Waals surface area contributed by atoms with Gasteiger partial charge in [0, 0.05) is 0 Å². The fraction of sp³-hybridized carbons (Fsp3) is 0.500. The number of carbonyl (C=O) groups is 1. The average Bonchev–Trinajstić information content (AvgIpc) is 2.37. The number of carboxylic acids is 1. The average molecular weight is 266 g/mol. The summed E-state index contributed by atoms with van der Waals surface area (Å²) in [4.78, 5) is 11.3. The number of aliphatic carboxylic acids is 1. The van der Waals surface area contributed by atoms with Gasteiger partial charge in [-0.05, 0) is 50.7 Å². The maximum absolute atomic E-state index is 11.3. The maximum atomic E-state index is 11.3. The van der Waals surface area contributed by atoms with Crippen LogP contribution in [0.3, 0.4) is 0 Å². The number of ether oxygens (including phenoxy) is 1. The first-order valence-electron chi connectivity index (χ1n) is 6.18.